The average Bonchev–Trinajstić information content (AvgIpc) is 2.40. The SMILES string of the molecule is CC(Cl)C(=O)Nc1ccc(-c2ccccc2)cc1. The zero-order chi connectivity index (χ0) is 13.0. The molecule has 0 heterocycles. The molecule has 18 heavy (non-hydrogen) atoms. The highest BCUT2D eigenvalue weighted by molar-refractivity contribution is 6.32. The van der Waals surface area contributed by atoms with E-state index in [0.717, 1.165) is 16.8 Å². The normalized spacial score (nSPS) is 11.9. The van der Waals surface area contributed by atoms with Crippen LogP contribution in [0.3, 0.4) is 0 Å². The van der Waals surface area contributed by atoms with Crippen molar-refractivity contribution >= 4 is 23.2 Å². The van der Waals surface area contributed by atoms with Gasteiger partial charge in [0, 0.05) is 5.69 Å². The van der Waals surface area contributed by atoms with Gasteiger partial charge in [-0.2, -0.15) is 0 Å². The summed E-state index contributed by atoms with van der Waals surface area (Å²) in [5, 5.41) is 2.22. The summed E-state index contributed by atoms with van der Waals surface area (Å²) in [6, 6.07) is 17.8. The molecule has 0 fully saturated rings. The van der Waals surface area contributed by atoms with Gasteiger partial charge in [0.2, 0.25) is 5.91 Å². The quantitative estimate of drug-likeness (QED) is 0.832. The Bertz CT molecular complexity index is 520. The molecule has 2 nitrogen and oxygen atoms in total. The maximum atomic E-state index is 11.4. The molecular formula is C15H14ClNO. The summed E-state index contributed by atoms with van der Waals surface area (Å²) in [7, 11) is 0. The molecule has 0 aliphatic rings. The van der Waals surface area contributed by atoms with E-state index in [1.807, 2.05) is 42.5 Å². The third-order valence-electron chi connectivity index (χ3n) is 2.62. The summed E-state index contributed by atoms with van der Waals surface area (Å²) in [5.41, 5.74) is 3.03. The summed E-state index contributed by atoms with van der Waals surface area (Å²) in [5.74, 6) is -0.191. The molecule has 0 saturated carbocycles. The van der Waals surface area contributed by atoms with Gasteiger partial charge in [0.15, 0.2) is 0 Å². The van der Waals surface area contributed by atoms with E-state index < -0.39 is 5.38 Å². The van der Waals surface area contributed by atoms with Crippen molar-refractivity contribution in [3.8, 4) is 11.1 Å². The Morgan fingerprint density at radius 3 is 2.11 bits per heavy atom. The van der Waals surface area contributed by atoms with Gasteiger partial charge in [0.05, 0.1) is 0 Å². The van der Waals surface area contributed by atoms with Crippen molar-refractivity contribution in [3.63, 3.8) is 0 Å². The highest BCUT2D eigenvalue weighted by Crippen LogP contribution is 2.21. The highest BCUT2D eigenvalue weighted by Gasteiger charge is 2.08. The maximum Gasteiger partial charge on any atom is 0.242 e. The summed E-state index contributed by atoms with van der Waals surface area (Å²) >= 11 is 5.69. The van der Waals surface area contributed by atoms with Crippen LogP contribution in [0.5, 0.6) is 0 Å². The second-order valence-corrected chi connectivity index (χ2v) is 4.70. The van der Waals surface area contributed by atoms with Crippen LogP contribution in [0.4, 0.5) is 5.69 Å². The van der Waals surface area contributed by atoms with Crippen molar-refractivity contribution < 1.29 is 4.79 Å². The number of hydrogen-bond donors (Lipinski definition) is 1. The van der Waals surface area contributed by atoms with E-state index in [4.69, 9.17) is 11.6 Å². The molecule has 1 unspecified atom stereocenters. The first-order chi connectivity index (χ1) is 8.66. The van der Waals surface area contributed by atoms with Crippen LogP contribution in [-0.2, 0) is 4.79 Å². The summed E-state index contributed by atoms with van der Waals surface area (Å²) in [4.78, 5) is 11.4. The lowest BCUT2D eigenvalue weighted by Crippen LogP contribution is -2.20. The molecule has 0 saturated heterocycles. The van der Waals surface area contributed by atoms with Crippen molar-refractivity contribution in [1.82, 2.24) is 0 Å². The fourth-order valence-electron chi connectivity index (χ4n) is 1.62. The van der Waals surface area contributed by atoms with Crippen LogP contribution >= 0.6 is 11.6 Å². The smallest absolute Gasteiger partial charge is 0.242 e. The molecule has 0 bridgehead atoms. The molecule has 0 aliphatic heterocycles. The number of rotatable bonds is 3. The molecule has 3 heteroatoms. The molecule has 1 amide bonds. The Morgan fingerprint density at radius 2 is 1.56 bits per heavy atom. The minimum atomic E-state index is -0.529. The standard InChI is InChI=1S/C15H14ClNO/c1-11(16)15(18)17-14-9-7-13(8-10-14)12-5-3-2-4-6-12/h2-11H,1H3,(H,17,18). The first-order valence-corrected chi connectivity index (χ1v) is 6.21. The van der Waals surface area contributed by atoms with Crippen molar-refractivity contribution in [2.24, 2.45) is 0 Å². The molecule has 92 valence electrons. The number of carbonyl (C=O) groups excluding carboxylic acids is 1. The number of halogens is 1. The fourth-order valence-corrected chi connectivity index (χ4v) is 1.67. The van der Waals surface area contributed by atoms with Crippen LogP contribution < -0.4 is 5.32 Å². The van der Waals surface area contributed by atoms with Gasteiger partial charge in [-0.1, -0.05) is 42.5 Å². The second-order valence-electron chi connectivity index (χ2n) is 4.05. The van der Waals surface area contributed by atoms with Gasteiger partial charge in [-0.3, -0.25) is 4.79 Å². The minimum absolute atomic E-state index is 0.191. The monoisotopic (exact) mass is 259 g/mol. The van der Waals surface area contributed by atoms with Gasteiger partial charge in [-0.15, -0.1) is 11.6 Å². The van der Waals surface area contributed by atoms with Crippen molar-refractivity contribution in [1.29, 1.82) is 0 Å². The van der Waals surface area contributed by atoms with Crippen LogP contribution in [0.25, 0.3) is 11.1 Å². The largest absolute Gasteiger partial charge is 0.325 e. The molecule has 1 N–H and O–H groups in total. The third-order valence-corrected chi connectivity index (χ3v) is 2.82. The second kappa shape index (κ2) is 5.69. The van der Waals surface area contributed by atoms with Gasteiger partial charge in [-0.25, -0.2) is 0 Å². The predicted molar refractivity (Wildman–Crippen MR) is 75.8 cm³/mol. The lowest BCUT2D eigenvalue weighted by Gasteiger charge is -2.07. The van der Waals surface area contributed by atoms with Gasteiger partial charge in [0.1, 0.15) is 5.38 Å². The van der Waals surface area contributed by atoms with E-state index in [1.165, 1.54) is 0 Å². The molecule has 2 aromatic rings. The summed E-state index contributed by atoms with van der Waals surface area (Å²) < 4.78 is 0. The fraction of sp³-hybridized carbons (Fsp3) is 0.133. The Balaban J connectivity index is 2.13. The number of amides is 1. The molecule has 0 radical (unpaired) electrons. The number of carbonyl (C=O) groups is 1. The van der Waals surface area contributed by atoms with Crippen LogP contribution in [0.15, 0.2) is 54.6 Å². The van der Waals surface area contributed by atoms with Crippen LogP contribution in [0.1, 0.15) is 6.92 Å². The number of nitrogens with one attached hydrogen (secondary N) is 1. The molecule has 2 aromatic carbocycles. The lowest BCUT2D eigenvalue weighted by atomic mass is 10.1. The number of alkyl halides is 1. The molecule has 0 spiro atoms. The Hall–Kier alpha value is -1.80. The highest BCUT2D eigenvalue weighted by atomic mass is 35.5. The van der Waals surface area contributed by atoms with Crippen molar-refractivity contribution in [2.75, 3.05) is 5.32 Å². The molecule has 0 aromatic heterocycles. The Morgan fingerprint density at radius 1 is 1.00 bits per heavy atom. The lowest BCUT2D eigenvalue weighted by molar-refractivity contribution is -0.115. The molecule has 2 rings (SSSR count). The number of anilines is 1. The maximum absolute atomic E-state index is 11.4. The first-order valence-electron chi connectivity index (χ1n) is 5.77. The van der Waals surface area contributed by atoms with Gasteiger partial charge < -0.3 is 5.32 Å². The first kappa shape index (κ1) is 12.7. The zero-order valence-electron chi connectivity index (χ0n) is 10.1. The van der Waals surface area contributed by atoms with Crippen LogP contribution in [-0.4, -0.2) is 11.3 Å². The van der Waals surface area contributed by atoms with Gasteiger partial charge in [-0.05, 0) is 30.2 Å². The van der Waals surface area contributed by atoms with E-state index in [-0.39, 0.29) is 5.91 Å². The molecule has 1 atom stereocenters. The topological polar surface area (TPSA) is 29.1 Å². The van der Waals surface area contributed by atoms with E-state index in [1.54, 1.807) is 6.92 Å². The van der Waals surface area contributed by atoms with Crippen molar-refractivity contribution in [2.45, 2.75) is 12.3 Å². The van der Waals surface area contributed by atoms with Gasteiger partial charge >= 0.3 is 0 Å². The predicted octanol–water partition coefficient (Wildman–Crippen LogP) is 3.92. The average molecular weight is 260 g/mol. The summed E-state index contributed by atoms with van der Waals surface area (Å²) in [6.07, 6.45) is 0. The van der Waals surface area contributed by atoms with E-state index >= 15 is 0 Å². The number of benzene rings is 2. The third kappa shape index (κ3) is 3.11. The molecule has 0 aliphatic carbocycles. The summed E-state index contributed by atoms with van der Waals surface area (Å²) in [6.45, 7) is 1.65. The van der Waals surface area contributed by atoms with E-state index in [0.29, 0.717) is 0 Å². The Kier molecular flexibility index (Phi) is 4.00. The van der Waals surface area contributed by atoms with E-state index in [9.17, 15) is 4.79 Å². The van der Waals surface area contributed by atoms with Gasteiger partial charge in [0.25, 0.3) is 0 Å². The number of hydrogen-bond acceptors (Lipinski definition) is 1. The van der Waals surface area contributed by atoms with Crippen LogP contribution in [0, 0.1) is 0 Å². The van der Waals surface area contributed by atoms with E-state index in [2.05, 4.69) is 17.4 Å². The zero-order valence-corrected chi connectivity index (χ0v) is 10.8. The van der Waals surface area contributed by atoms with Crippen LogP contribution in [0.2, 0.25) is 0 Å². The Labute approximate surface area is 112 Å². The van der Waals surface area contributed by atoms with Crippen molar-refractivity contribution in [3.05, 3.63) is 54.6 Å². The molecular weight excluding hydrogens is 246 g/mol. The minimum Gasteiger partial charge on any atom is -0.325 e.